The van der Waals surface area contributed by atoms with E-state index in [1.54, 1.807) is 12.1 Å². The van der Waals surface area contributed by atoms with Crippen molar-refractivity contribution in [3.63, 3.8) is 0 Å². The number of amides is 2. The molecule has 1 saturated heterocycles. The molecular formula is C18H15N7O5S2. The number of nitrogen functional groups attached to an aromatic ring is 1. The number of nitrogens with two attached hydrogens (primary N) is 1. The molecule has 2 amide bonds. The van der Waals surface area contributed by atoms with E-state index in [1.807, 2.05) is 0 Å². The van der Waals surface area contributed by atoms with Crippen molar-refractivity contribution < 1.29 is 23.9 Å². The number of hydrogen-bond acceptors (Lipinski definition) is 10. The van der Waals surface area contributed by atoms with Crippen LogP contribution in [0.2, 0.25) is 0 Å². The molecule has 0 aliphatic carbocycles. The first-order chi connectivity index (χ1) is 15.4. The van der Waals surface area contributed by atoms with Crippen molar-refractivity contribution in [1.29, 1.82) is 0 Å². The van der Waals surface area contributed by atoms with Crippen LogP contribution >= 0.6 is 23.5 Å². The number of H-pyrrole nitrogens is 1. The second-order valence-corrected chi connectivity index (χ2v) is 9.08. The Balaban J connectivity index is 1.35. The molecule has 0 aromatic carbocycles. The van der Waals surface area contributed by atoms with E-state index in [2.05, 4.69) is 25.5 Å². The number of nitrogens with zero attached hydrogens (tertiary/aromatic N) is 4. The van der Waals surface area contributed by atoms with Crippen LogP contribution in [-0.2, 0) is 20.8 Å². The average molecular weight is 473 g/mol. The first-order valence-corrected chi connectivity index (χ1v) is 11.2. The Morgan fingerprint density at radius 2 is 2.28 bits per heavy atom. The summed E-state index contributed by atoms with van der Waals surface area (Å²) in [7, 11) is 0. The predicted octanol–water partition coefficient (Wildman–Crippen LogP) is 0.559. The van der Waals surface area contributed by atoms with Crippen LogP contribution in [0.3, 0.4) is 0 Å². The summed E-state index contributed by atoms with van der Waals surface area (Å²) in [5, 5.41) is 19.3. The molecule has 5 heterocycles. The van der Waals surface area contributed by atoms with Gasteiger partial charge in [0.1, 0.15) is 28.7 Å². The lowest BCUT2D eigenvalue weighted by Crippen LogP contribution is -2.70. The Kier molecular flexibility index (Phi) is 5.01. The van der Waals surface area contributed by atoms with Gasteiger partial charge in [0, 0.05) is 10.7 Å². The maximum absolute atomic E-state index is 12.7. The largest absolute Gasteiger partial charge is 0.477 e. The summed E-state index contributed by atoms with van der Waals surface area (Å²) in [4.78, 5) is 47.1. The maximum Gasteiger partial charge on any atom is 0.353 e. The van der Waals surface area contributed by atoms with Crippen LogP contribution in [0.5, 0.6) is 0 Å². The molecule has 2 aliphatic heterocycles. The molecule has 32 heavy (non-hydrogen) atoms. The number of carboxylic acid groups (broad SMARTS) is 1. The number of aliphatic carboxylic acids is 1. The van der Waals surface area contributed by atoms with Crippen molar-refractivity contribution in [2.75, 3.05) is 11.5 Å². The third kappa shape index (κ3) is 3.46. The summed E-state index contributed by atoms with van der Waals surface area (Å²) in [5.74, 6) is -1.13. The van der Waals surface area contributed by atoms with Gasteiger partial charge in [-0.2, -0.15) is 5.10 Å². The van der Waals surface area contributed by atoms with Crippen molar-refractivity contribution in [3.8, 4) is 0 Å². The molecule has 12 nitrogen and oxygen atoms in total. The van der Waals surface area contributed by atoms with Gasteiger partial charge in [0.05, 0.1) is 24.3 Å². The fraction of sp³-hybridized carbons (Fsp3) is 0.222. The summed E-state index contributed by atoms with van der Waals surface area (Å²) in [5.41, 5.74) is 6.21. The Morgan fingerprint density at radius 1 is 1.44 bits per heavy atom. The number of aromatic amines is 1. The van der Waals surface area contributed by atoms with E-state index in [9.17, 15) is 19.5 Å². The number of carboxylic acids is 1. The minimum Gasteiger partial charge on any atom is -0.477 e. The number of carbonyl (C=O) groups excluding carboxylic acids is 2. The van der Waals surface area contributed by atoms with E-state index in [-0.39, 0.29) is 29.0 Å². The summed E-state index contributed by atoms with van der Waals surface area (Å²) >= 11 is 2.38. The molecule has 2 atom stereocenters. The van der Waals surface area contributed by atoms with Crippen LogP contribution in [-0.4, -0.2) is 65.1 Å². The maximum atomic E-state index is 12.7. The molecule has 0 bridgehead atoms. The Morgan fingerprint density at radius 3 is 3.03 bits per heavy atom. The lowest BCUT2D eigenvalue weighted by atomic mass is 10.0. The molecule has 1 fully saturated rings. The van der Waals surface area contributed by atoms with Crippen molar-refractivity contribution in [1.82, 2.24) is 30.4 Å². The zero-order valence-electron chi connectivity index (χ0n) is 16.1. The highest BCUT2D eigenvalue weighted by Gasteiger charge is 2.54. The van der Waals surface area contributed by atoms with Gasteiger partial charge in [-0.15, -0.1) is 11.8 Å². The minimum atomic E-state index is -1.25. The fourth-order valence-electron chi connectivity index (χ4n) is 3.46. The number of furan rings is 1. The Hall–Kier alpha value is -3.52. The van der Waals surface area contributed by atoms with Crippen molar-refractivity contribution in [2.45, 2.75) is 23.0 Å². The van der Waals surface area contributed by atoms with Gasteiger partial charge >= 0.3 is 5.97 Å². The molecule has 1 unspecified atom stereocenters. The third-order valence-corrected chi connectivity index (χ3v) is 7.31. The van der Waals surface area contributed by atoms with Gasteiger partial charge in [0.25, 0.3) is 5.91 Å². The molecule has 164 valence electrons. The number of aromatic nitrogens is 4. The lowest BCUT2D eigenvalue weighted by molar-refractivity contribution is -0.150. The van der Waals surface area contributed by atoms with E-state index in [4.69, 9.17) is 10.2 Å². The van der Waals surface area contributed by atoms with Crippen molar-refractivity contribution in [3.05, 3.63) is 41.0 Å². The highest BCUT2D eigenvalue weighted by atomic mass is 32.2. The summed E-state index contributed by atoms with van der Waals surface area (Å²) < 4.78 is 5.14. The number of hydrogen-bond donors (Lipinski definition) is 4. The molecule has 5 rings (SSSR count). The molecule has 0 spiro atoms. The van der Waals surface area contributed by atoms with Crippen molar-refractivity contribution in [2.24, 2.45) is 0 Å². The highest BCUT2D eigenvalue weighted by Crippen LogP contribution is 2.44. The SMILES string of the molecule is Nc1nc(SC2=C(C(=O)O)N3C(=O)C(NC(=O)Cc4ccco4)[C@H]3SC2)nc2[nH]ncc12. The first-order valence-electron chi connectivity index (χ1n) is 9.29. The third-order valence-electron chi connectivity index (χ3n) is 4.90. The van der Waals surface area contributed by atoms with E-state index < -0.39 is 23.3 Å². The molecule has 3 aromatic heterocycles. The smallest absolute Gasteiger partial charge is 0.353 e. The summed E-state index contributed by atoms with van der Waals surface area (Å²) in [6, 6.07) is 2.52. The van der Waals surface area contributed by atoms with Crippen LogP contribution in [0.4, 0.5) is 5.82 Å². The molecule has 0 radical (unpaired) electrons. The van der Waals surface area contributed by atoms with E-state index in [0.717, 1.165) is 11.8 Å². The topological polar surface area (TPSA) is 180 Å². The zero-order chi connectivity index (χ0) is 22.4. The van der Waals surface area contributed by atoms with Gasteiger partial charge < -0.3 is 20.6 Å². The monoisotopic (exact) mass is 473 g/mol. The van der Waals surface area contributed by atoms with Crippen LogP contribution < -0.4 is 11.1 Å². The van der Waals surface area contributed by atoms with Gasteiger partial charge in [0.15, 0.2) is 10.8 Å². The second kappa shape index (κ2) is 7.87. The lowest BCUT2D eigenvalue weighted by Gasteiger charge is -2.49. The minimum absolute atomic E-state index is 0.00820. The normalized spacial score (nSPS) is 20.2. The zero-order valence-corrected chi connectivity index (χ0v) is 17.8. The fourth-order valence-corrected chi connectivity index (χ4v) is 5.87. The average Bonchev–Trinajstić information content (AvgIpc) is 3.43. The summed E-state index contributed by atoms with van der Waals surface area (Å²) in [6.07, 6.45) is 2.95. The van der Waals surface area contributed by atoms with Gasteiger partial charge in [-0.3, -0.25) is 19.6 Å². The quantitative estimate of drug-likeness (QED) is 0.290. The molecule has 2 aliphatic rings. The number of rotatable bonds is 6. The number of anilines is 1. The van der Waals surface area contributed by atoms with E-state index in [0.29, 0.717) is 27.5 Å². The van der Waals surface area contributed by atoms with Gasteiger partial charge in [0.2, 0.25) is 5.91 Å². The first kappa shape index (κ1) is 20.4. The molecule has 14 heteroatoms. The number of β-lactam (4-membered cyclic amide) rings is 1. The van der Waals surface area contributed by atoms with Crippen LogP contribution in [0, 0.1) is 0 Å². The standard InChI is InChI=1S/C18H15N7O5S2/c19-13-8-5-20-24-14(8)23-18(22-13)32-9-6-31-16-11(15(27)25(16)12(9)17(28)29)21-10(26)4-7-2-1-3-30-7/h1-3,5,11,16H,4,6H2,(H,21,26)(H,28,29)(H3,19,20,22,23,24)/t11?,16-/m1/s1. The van der Waals surface area contributed by atoms with Gasteiger partial charge in [-0.1, -0.05) is 11.8 Å². The Labute approximate surface area is 188 Å². The number of carbonyl (C=O) groups is 3. The molecule has 0 saturated carbocycles. The van der Waals surface area contributed by atoms with Gasteiger partial charge in [-0.05, 0) is 12.1 Å². The molecule has 5 N–H and O–H groups in total. The summed E-state index contributed by atoms with van der Waals surface area (Å²) in [6.45, 7) is 0. The molecule has 3 aromatic rings. The Bertz CT molecular complexity index is 1270. The van der Waals surface area contributed by atoms with E-state index >= 15 is 0 Å². The van der Waals surface area contributed by atoms with Crippen LogP contribution in [0.25, 0.3) is 11.0 Å². The van der Waals surface area contributed by atoms with Crippen LogP contribution in [0.15, 0.2) is 44.8 Å². The predicted molar refractivity (Wildman–Crippen MR) is 114 cm³/mol. The molecular weight excluding hydrogens is 458 g/mol. The van der Waals surface area contributed by atoms with Crippen LogP contribution in [0.1, 0.15) is 5.76 Å². The number of fused-ring (bicyclic) bond motifs is 2. The second-order valence-electron chi connectivity index (χ2n) is 6.91. The van der Waals surface area contributed by atoms with Crippen molar-refractivity contribution >= 4 is 58.2 Å². The number of nitrogens with one attached hydrogen (secondary N) is 2. The highest BCUT2D eigenvalue weighted by molar-refractivity contribution is 8.06. The number of thioether (sulfide) groups is 2. The van der Waals surface area contributed by atoms with Gasteiger partial charge in [-0.25, -0.2) is 14.8 Å². The van der Waals surface area contributed by atoms with E-state index in [1.165, 1.54) is 29.1 Å².